The summed E-state index contributed by atoms with van der Waals surface area (Å²) in [7, 11) is 0. The van der Waals surface area contributed by atoms with E-state index >= 15 is 0 Å². The van der Waals surface area contributed by atoms with Crippen molar-refractivity contribution in [3.8, 4) is 10.6 Å². The summed E-state index contributed by atoms with van der Waals surface area (Å²) in [5.41, 5.74) is 5.24. The molecule has 0 aliphatic heterocycles. The Morgan fingerprint density at radius 2 is 1.70 bits per heavy atom. The third-order valence-electron chi connectivity index (χ3n) is 3.55. The van der Waals surface area contributed by atoms with Crippen LogP contribution < -0.4 is 0 Å². The van der Waals surface area contributed by atoms with Gasteiger partial charge in [0.2, 0.25) is 0 Å². The number of aryl methyl sites for hydroxylation is 1. The fraction of sp³-hybridized carbons (Fsp3) is 0.278. The number of fused-ring (bicyclic) bond motifs is 1. The van der Waals surface area contributed by atoms with Crippen molar-refractivity contribution in [3.05, 3.63) is 53.6 Å². The number of benzene rings is 2. The Hall–Kier alpha value is -1.67. The van der Waals surface area contributed by atoms with Crippen molar-refractivity contribution in [1.82, 2.24) is 4.98 Å². The fourth-order valence-corrected chi connectivity index (χ4v) is 3.83. The Labute approximate surface area is 124 Å². The quantitative estimate of drug-likeness (QED) is 0.568. The van der Waals surface area contributed by atoms with Crippen molar-refractivity contribution in [2.45, 2.75) is 33.1 Å². The molecule has 0 spiro atoms. The second-order valence-corrected chi connectivity index (χ2v) is 7.26. The van der Waals surface area contributed by atoms with E-state index in [1.54, 1.807) is 11.3 Å². The van der Waals surface area contributed by atoms with Gasteiger partial charge < -0.3 is 0 Å². The van der Waals surface area contributed by atoms with E-state index in [9.17, 15) is 0 Å². The van der Waals surface area contributed by atoms with Crippen LogP contribution in [0.15, 0.2) is 42.5 Å². The maximum Gasteiger partial charge on any atom is 0.124 e. The monoisotopic (exact) mass is 281 g/mol. The van der Waals surface area contributed by atoms with Gasteiger partial charge in [-0.3, -0.25) is 0 Å². The van der Waals surface area contributed by atoms with Gasteiger partial charge in [-0.15, -0.1) is 11.3 Å². The standard InChI is InChI=1S/C18H19NS/c1-12-8-7-9-13(16(12)18(2,3)4)17-19-14-10-5-6-11-15(14)20-17/h5-11H,1-4H3. The Morgan fingerprint density at radius 3 is 2.40 bits per heavy atom. The number of hydrogen-bond donors (Lipinski definition) is 0. The van der Waals surface area contributed by atoms with Gasteiger partial charge in [-0.05, 0) is 35.6 Å². The lowest BCUT2D eigenvalue weighted by molar-refractivity contribution is 0.588. The van der Waals surface area contributed by atoms with Crippen LogP contribution in [0.5, 0.6) is 0 Å². The predicted octanol–water partition coefficient (Wildman–Crippen LogP) is 5.57. The first-order chi connectivity index (χ1) is 9.47. The minimum absolute atomic E-state index is 0.124. The maximum absolute atomic E-state index is 4.82. The van der Waals surface area contributed by atoms with Gasteiger partial charge in [-0.2, -0.15) is 0 Å². The molecule has 1 heterocycles. The minimum atomic E-state index is 0.124. The molecule has 0 fully saturated rings. The highest BCUT2D eigenvalue weighted by molar-refractivity contribution is 7.21. The highest BCUT2D eigenvalue weighted by atomic mass is 32.1. The van der Waals surface area contributed by atoms with Gasteiger partial charge in [0.1, 0.15) is 5.01 Å². The molecule has 0 unspecified atom stereocenters. The smallest absolute Gasteiger partial charge is 0.124 e. The van der Waals surface area contributed by atoms with Gasteiger partial charge >= 0.3 is 0 Å². The second-order valence-electron chi connectivity index (χ2n) is 6.23. The van der Waals surface area contributed by atoms with Gasteiger partial charge in [0.25, 0.3) is 0 Å². The molecule has 3 aromatic rings. The van der Waals surface area contributed by atoms with Gasteiger partial charge in [-0.1, -0.05) is 51.1 Å². The fourth-order valence-electron chi connectivity index (χ4n) is 2.83. The molecule has 0 amide bonds. The van der Waals surface area contributed by atoms with E-state index in [2.05, 4.69) is 64.1 Å². The lowest BCUT2D eigenvalue weighted by atomic mass is 9.81. The van der Waals surface area contributed by atoms with E-state index in [-0.39, 0.29) is 5.41 Å². The number of aromatic nitrogens is 1. The molecule has 102 valence electrons. The van der Waals surface area contributed by atoms with E-state index in [1.807, 2.05) is 6.07 Å². The topological polar surface area (TPSA) is 12.9 Å². The predicted molar refractivity (Wildman–Crippen MR) is 88.5 cm³/mol. The van der Waals surface area contributed by atoms with Crippen molar-refractivity contribution < 1.29 is 0 Å². The first-order valence-corrected chi connectivity index (χ1v) is 7.74. The van der Waals surface area contributed by atoms with E-state index in [0.29, 0.717) is 0 Å². The van der Waals surface area contributed by atoms with Gasteiger partial charge in [0, 0.05) is 5.56 Å². The number of nitrogens with zero attached hydrogens (tertiary/aromatic N) is 1. The van der Waals surface area contributed by atoms with Crippen LogP contribution in [0.1, 0.15) is 31.9 Å². The molecule has 20 heavy (non-hydrogen) atoms. The zero-order valence-corrected chi connectivity index (χ0v) is 13.2. The number of para-hydroxylation sites is 1. The van der Waals surface area contributed by atoms with Crippen LogP contribution >= 0.6 is 11.3 Å². The van der Waals surface area contributed by atoms with Gasteiger partial charge in [-0.25, -0.2) is 4.98 Å². The Kier molecular flexibility index (Phi) is 3.14. The van der Waals surface area contributed by atoms with Crippen LogP contribution in [0.4, 0.5) is 0 Å². The molecule has 0 bridgehead atoms. The third-order valence-corrected chi connectivity index (χ3v) is 4.62. The van der Waals surface area contributed by atoms with Gasteiger partial charge in [0.15, 0.2) is 0 Å². The molecule has 2 heteroatoms. The highest BCUT2D eigenvalue weighted by Crippen LogP contribution is 2.38. The molecule has 1 nitrogen and oxygen atoms in total. The number of hydrogen-bond acceptors (Lipinski definition) is 2. The largest absolute Gasteiger partial charge is 0.236 e. The molecule has 0 saturated heterocycles. The van der Waals surface area contributed by atoms with E-state index in [0.717, 1.165) is 10.5 Å². The van der Waals surface area contributed by atoms with Crippen molar-refractivity contribution >= 4 is 21.6 Å². The summed E-state index contributed by atoms with van der Waals surface area (Å²) in [6.07, 6.45) is 0. The summed E-state index contributed by atoms with van der Waals surface area (Å²) in [6, 6.07) is 14.9. The number of rotatable bonds is 1. The molecule has 3 rings (SSSR count). The van der Waals surface area contributed by atoms with Gasteiger partial charge in [0.05, 0.1) is 10.2 Å². The lowest BCUT2D eigenvalue weighted by Crippen LogP contribution is -2.14. The van der Waals surface area contributed by atoms with E-state index in [1.165, 1.54) is 21.4 Å². The van der Waals surface area contributed by atoms with Crippen LogP contribution in [-0.2, 0) is 5.41 Å². The first-order valence-electron chi connectivity index (χ1n) is 6.93. The third kappa shape index (κ3) is 2.25. The van der Waals surface area contributed by atoms with Crippen LogP contribution in [0, 0.1) is 6.92 Å². The van der Waals surface area contributed by atoms with Crippen LogP contribution in [0.3, 0.4) is 0 Å². The Balaban J connectivity index is 2.26. The molecule has 0 atom stereocenters. The molecular formula is C18H19NS. The van der Waals surface area contributed by atoms with Crippen molar-refractivity contribution in [3.63, 3.8) is 0 Å². The van der Waals surface area contributed by atoms with E-state index < -0.39 is 0 Å². The molecule has 2 aromatic carbocycles. The highest BCUT2D eigenvalue weighted by Gasteiger charge is 2.22. The van der Waals surface area contributed by atoms with Crippen LogP contribution in [-0.4, -0.2) is 4.98 Å². The van der Waals surface area contributed by atoms with Crippen LogP contribution in [0.25, 0.3) is 20.8 Å². The molecule has 0 radical (unpaired) electrons. The molecule has 1 aromatic heterocycles. The summed E-state index contributed by atoms with van der Waals surface area (Å²) in [6.45, 7) is 9.00. The minimum Gasteiger partial charge on any atom is -0.236 e. The molecular weight excluding hydrogens is 262 g/mol. The first kappa shape index (κ1) is 13.3. The normalized spacial score (nSPS) is 12.0. The SMILES string of the molecule is Cc1cccc(-c2nc3ccccc3s2)c1C(C)(C)C. The summed E-state index contributed by atoms with van der Waals surface area (Å²) < 4.78 is 1.25. The summed E-state index contributed by atoms with van der Waals surface area (Å²) >= 11 is 1.78. The average molecular weight is 281 g/mol. The zero-order valence-electron chi connectivity index (χ0n) is 12.4. The summed E-state index contributed by atoms with van der Waals surface area (Å²) in [4.78, 5) is 4.82. The molecule has 0 aliphatic rings. The van der Waals surface area contributed by atoms with Crippen molar-refractivity contribution in [1.29, 1.82) is 0 Å². The summed E-state index contributed by atoms with van der Waals surface area (Å²) in [5.74, 6) is 0. The van der Waals surface area contributed by atoms with E-state index in [4.69, 9.17) is 4.98 Å². The maximum atomic E-state index is 4.82. The number of thiazole rings is 1. The molecule has 0 N–H and O–H groups in total. The lowest BCUT2D eigenvalue weighted by Gasteiger charge is -2.24. The van der Waals surface area contributed by atoms with Crippen molar-refractivity contribution in [2.75, 3.05) is 0 Å². The Morgan fingerprint density at radius 1 is 0.950 bits per heavy atom. The zero-order chi connectivity index (χ0) is 14.3. The van der Waals surface area contributed by atoms with Crippen LogP contribution in [0.2, 0.25) is 0 Å². The average Bonchev–Trinajstić information content (AvgIpc) is 2.80. The van der Waals surface area contributed by atoms with Crippen molar-refractivity contribution in [2.24, 2.45) is 0 Å². The summed E-state index contributed by atoms with van der Waals surface area (Å²) in [5, 5.41) is 1.12. The second kappa shape index (κ2) is 4.71. The molecule has 0 saturated carbocycles. The Bertz CT molecular complexity index is 729. The molecule has 0 aliphatic carbocycles.